The monoisotopic (exact) mass is 426 g/mol. The Morgan fingerprint density at radius 1 is 0.636 bits per heavy atom. The Morgan fingerprint density at radius 3 is 2.21 bits per heavy atom. The lowest BCUT2D eigenvalue weighted by Crippen LogP contribution is -1.94. The third-order valence-electron chi connectivity index (χ3n) is 7.79. The number of fused-ring (bicyclic) bond motifs is 2. The molecule has 0 amide bonds. The molecule has 0 heterocycles. The average Bonchev–Trinajstić information content (AvgIpc) is 3.63. The van der Waals surface area contributed by atoms with Crippen molar-refractivity contribution in [1.82, 2.24) is 0 Å². The first-order valence-electron chi connectivity index (χ1n) is 12.2. The second kappa shape index (κ2) is 7.89. The Balaban J connectivity index is 1.38. The van der Waals surface area contributed by atoms with Crippen LogP contribution in [-0.2, 0) is 6.42 Å². The van der Waals surface area contributed by atoms with Gasteiger partial charge < -0.3 is 0 Å². The van der Waals surface area contributed by atoms with E-state index < -0.39 is 0 Å². The molecule has 1 saturated carbocycles. The molecule has 162 valence electrons. The molecule has 0 bridgehead atoms. The number of hydrogen-bond donors (Lipinski definition) is 0. The van der Waals surface area contributed by atoms with Gasteiger partial charge in [0.25, 0.3) is 0 Å². The molecule has 6 rings (SSSR count). The van der Waals surface area contributed by atoms with Crippen molar-refractivity contribution in [3.63, 3.8) is 0 Å². The zero-order chi connectivity index (χ0) is 22.5. The lowest BCUT2D eigenvalue weighted by atomic mass is 9.89. The van der Waals surface area contributed by atoms with Crippen molar-refractivity contribution in [2.75, 3.05) is 0 Å². The fourth-order valence-electron chi connectivity index (χ4n) is 5.77. The zero-order valence-electron chi connectivity index (χ0n) is 19.7. The van der Waals surface area contributed by atoms with Gasteiger partial charge in [-0.3, -0.25) is 0 Å². The summed E-state index contributed by atoms with van der Waals surface area (Å²) in [6.07, 6.45) is 2.48. The van der Waals surface area contributed by atoms with Crippen LogP contribution in [0.25, 0.3) is 32.7 Å². The highest BCUT2D eigenvalue weighted by atomic mass is 14.4. The molecular formula is C33H30. The quantitative estimate of drug-likeness (QED) is 0.269. The minimum absolute atomic E-state index is 0.727. The molecule has 0 radical (unpaired) electrons. The maximum atomic E-state index is 2.42. The summed E-state index contributed by atoms with van der Waals surface area (Å²) < 4.78 is 0. The van der Waals surface area contributed by atoms with Gasteiger partial charge >= 0.3 is 0 Å². The minimum atomic E-state index is 0.727. The summed E-state index contributed by atoms with van der Waals surface area (Å²) >= 11 is 0. The van der Waals surface area contributed by atoms with Gasteiger partial charge in [-0.2, -0.15) is 0 Å². The third-order valence-corrected chi connectivity index (χ3v) is 7.79. The normalized spacial score (nSPS) is 17.5. The van der Waals surface area contributed by atoms with E-state index in [2.05, 4.69) is 112 Å². The predicted octanol–water partition coefficient (Wildman–Crippen LogP) is 8.93. The largest absolute Gasteiger partial charge is 0.0622 e. The highest BCUT2D eigenvalue weighted by molar-refractivity contribution is 5.97. The van der Waals surface area contributed by atoms with Gasteiger partial charge in [0, 0.05) is 0 Å². The van der Waals surface area contributed by atoms with Crippen LogP contribution in [0.5, 0.6) is 0 Å². The molecule has 2 unspecified atom stereocenters. The minimum Gasteiger partial charge on any atom is -0.0622 e. The molecule has 0 N–H and O–H groups in total. The Bertz CT molecular complexity index is 1490. The van der Waals surface area contributed by atoms with Crippen LogP contribution in [0.4, 0.5) is 0 Å². The topological polar surface area (TPSA) is 0 Å². The van der Waals surface area contributed by atoms with Crippen molar-refractivity contribution in [1.29, 1.82) is 0 Å². The first-order valence-corrected chi connectivity index (χ1v) is 12.2. The summed E-state index contributed by atoms with van der Waals surface area (Å²) in [5.41, 5.74) is 9.75. The van der Waals surface area contributed by atoms with E-state index in [1.54, 1.807) is 0 Å². The molecule has 0 saturated heterocycles. The van der Waals surface area contributed by atoms with E-state index in [9.17, 15) is 0 Å². The molecule has 5 aromatic rings. The highest BCUT2D eigenvalue weighted by Gasteiger charge is 2.38. The summed E-state index contributed by atoms with van der Waals surface area (Å²) in [5, 5.41) is 5.54. The summed E-state index contributed by atoms with van der Waals surface area (Å²) in [6.45, 7) is 6.74. The van der Waals surface area contributed by atoms with Crippen LogP contribution in [0, 0.1) is 26.7 Å². The van der Waals surface area contributed by atoms with E-state index in [4.69, 9.17) is 0 Å². The van der Waals surface area contributed by atoms with Crippen LogP contribution in [-0.4, -0.2) is 0 Å². The zero-order valence-corrected chi connectivity index (χ0v) is 19.7. The van der Waals surface area contributed by atoms with Gasteiger partial charge in [-0.15, -0.1) is 0 Å². The second-order valence-electron chi connectivity index (χ2n) is 9.93. The fraction of sp³-hybridized carbons (Fsp3) is 0.212. The first-order chi connectivity index (χ1) is 16.1. The summed E-state index contributed by atoms with van der Waals surface area (Å²) in [4.78, 5) is 0. The summed E-state index contributed by atoms with van der Waals surface area (Å²) in [5.74, 6) is 1.49. The lowest BCUT2D eigenvalue weighted by Gasteiger charge is -2.15. The van der Waals surface area contributed by atoms with Gasteiger partial charge in [-0.1, -0.05) is 84.9 Å². The number of rotatable bonds is 4. The SMILES string of the molecule is Cc1ccc(CC2CC2c2ccccc2)c2ccc(-c3cc(C)c4ccccc4c3C)cc12. The average molecular weight is 427 g/mol. The fourth-order valence-corrected chi connectivity index (χ4v) is 5.77. The molecule has 1 aliphatic carbocycles. The lowest BCUT2D eigenvalue weighted by molar-refractivity contribution is 0.799. The van der Waals surface area contributed by atoms with Gasteiger partial charge in [-0.05, 0) is 112 Å². The van der Waals surface area contributed by atoms with Crippen molar-refractivity contribution in [2.45, 2.75) is 39.5 Å². The summed E-state index contributed by atoms with van der Waals surface area (Å²) in [6, 6.07) is 34.0. The van der Waals surface area contributed by atoms with Crippen molar-refractivity contribution in [3.05, 3.63) is 119 Å². The van der Waals surface area contributed by atoms with Crippen LogP contribution in [0.1, 0.15) is 40.2 Å². The Morgan fingerprint density at radius 2 is 1.39 bits per heavy atom. The second-order valence-corrected chi connectivity index (χ2v) is 9.93. The molecule has 5 aromatic carbocycles. The molecule has 1 aliphatic rings. The molecular weight excluding hydrogens is 396 g/mol. The maximum Gasteiger partial charge on any atom is -0.0127 e. The predicted molar refractivity (Wildman–Crippen MR) is 142 cm³/mol. The van der Waals surface area contributed by atoms with Gasteiger partial charge in [0.1, 0.15) is 0 Å². The van der Waals surface area contributed by atoms with Gasteiger partial charge in [0.15, 0.2) is 0 Å². The molecule has 2 atom stereocenters. The molecule has 0 nitrogen and oxygen atoms in total. The Labute approximate surface area is 196 Å². The van der Waals surface area contributed by atoms with E-state index in [0.717, 1.165) is 11.8 Å². The van der Waals surface area contributed by atoms with Crippen molar-refractivity contribution in [3.8, 4) is 11.1 Å². The number of benzene rings is 5. The Kier molecular flexibility index (Phi) is 4.84. The molecule has 0 spiro atoms. The third kappa shape index (κ3) is 3.55. The van der Waals surface area contributed by atoms with Crippen molar-refractivity contribution in [2.24, 2.45) is 5.92 Å². The van der Waals surface area contributed by atoms with Crippen LogP contribution in [0.15, 0.2) is 91.0 Å². The van der Waals surface area contributed by atoms with E-state index in [1.165, 1.54) is 73.3 Å². The maximum absolute atomic E-state index is 2.42. The van der Waals surface area contributed by atoms with E-state index in [0.29, 0.717) is 0 Å². The van der Waals surface area contributed by atoms with Crippen LogP contribution in [0.2, 0.25) is 0 Å². The van der Waals surface area contributed by atoms with E-state index >= 15 is 0 Å². The van der Waals surface area contributed by atoms with Crippen molar-refractivity contribution >= 4 is 21.5 Å². The highest BCUT2D eigenvalue weighted by Crippen LogP contribution is 2.49. The van der Waals surface area contributed by atoms with Crippen LogP contribution in [0.3, 0.4) is 0 Å². The van der Waals surface area contributed by atoms with Gasteiger partial charge in [0.2, 0.25) is 0 Å². The number of aryl methyl sites for hydroxylation is 3. The standard InChI is InChI=1S/C33H30/c1-21-13-14-25(18-27-20-33(27)24-9-5-4-6-10-24)30-16-15-26(19-31(21)30)32-17-22(2)28-11-7-8-12-29(28)23(32)3/h4-17,19,27,33H,18,20H2,1-3H3. The molecule has 0 aromatic heterocycles. The molecule has 0 aliphatic heterocycles. The van der Waals surface area contributed by atoms with E-state index in [-0.39, 0.29) is 0 Å². The van der Waals surface area contributed by atoms with Gasteiger partial charge in [0.05, 0.1) is 0 Å². The van der Waals surface area contributed by atoms with Crippen LogP contribution >= 0.6 is 0 Å². The molecule has 33 heavy (non-hydrogen) atoms. The van der Waals surface area contributed by atoms with Gasteiger partial charge in [-0.25, -0.2) is 0 Å². The molecule has 0 heteroatoms. The van der Waals surface area contributed by atoms with E-state index in [1.807, 2.05) is 0 Å². The first kappa shape index (κ1) is 20.2. The summed E-state index contributed by atoms with van der Waals surface area (Å²) in [7, 11) is 0. The smallest absolute Gasteiger partial charge is 0.0127 e. The van der Waals surface area contributed by atoms with Crippen LogP contribution < -0.4 is 0 Å². The van der Waals surface area contributed by atoms with Crippen molar-refractivity contribution < 1.29 is 0 Å². The Hall–Kier alpha value is -3.38. The molecule has 1 fully saturated rings. The number of hydrogen-bond acceptors (Lipinski definition) is 0.